The molecule has 0 N–H and O–H groups in total. The quantitative estimate of drug-likeness (QED) is 0.627. The maximum atomic E-state index is 12.2. The van der Waals surface area contributed by atoms with Gasteiger partial charge in [-0.2, -0.15) is 0 Å². The number of hydrogen-bond donors (Lipinski definition) is 0. The van der Waals surface area contributed by atoms with Gasteiger partial charge in [0, 0.05) is 24.8 Å². The van der Waals surface area contributed by atoms with Crippen LogP contribution in [0, 0.1) is 18.3 Å². The Morgan fingerprint density at radius 3 is 2.10 bits per heavy atom. The number of rotatable bonds is 3. The fourth-order valence-corrected chi connectivity index (χ4v) is 2.70. The van der Waals surface area contributed by atoms with Crippen LogP contribution < -0.4 is 0 Å². The number of aryl methyl sites for hydroxylation is 1. The van der Waals surface area contributed by atoms with Crippen LogP contribution in [0.3, 0.4) is 0 Å². The molecule has 0 radical (unpaired) electrons. The van der Waals surface area contributed by atoms with Gasteiger partial charge in [0.15, 0.2) is 5.78 Å². The van der Waals surface area contributed by atoms with Crippen LogP contribution in [0.4, 0.5) is 0 Å². The average molecular weight is 272 g/mol. The minimum absolute atomic E-state index is 0.0107. The van der Waals surface area contributed by atoms with Crippen molar-refractivity contribution in [2.24, 2.45) is 11.3 Å². The Hall–Kier alpha value is -1.77. The summed E-state index contributed by atoms with van der Waals surface area (Å²) in [6.07, 6.45) is 0.770. The van der Waals surface area contributed by atoms with Crippen LogP contribution >= 0.6 is 0 Å². The molecule has 1 aromatic rings. The summed E-state index contributed by atoms with van der Waals surface area (Å²) in [5.41, 5.74) is 1.38. The van der Waals surface area contributed by atoms with Crippen molar-refractivity contribution in [3.05, 3.63) is 35.4 Å². The van der Waals surface area contributed by atoms with Crippen molar-refractivity contribution in [3.63, 3.8) is 0 Å². The first-order valence-electron chi connectivity index (χ1n) is 6.94. The standard InChI is InChI=1S/C17H20O3/c1-11-4-6-12(7-5-11)14(18)8-13-15(19)9-17(2,3)10-16(13)20/h4-7,13H,8-10H2,1-3H3. The van der Waals surface area contributed by atoms with Crippen molar-refractivity contribution in [1.82, 2.24) is 0 Å². The predicted octanol–water partition coefficient (Wildman–Crippen LogP) is 3.14. The molecule has 1 saturated carbocycles. The molecule has 0 aliphatic heterocycles. The van der Waals surface area contributed by atoms with Gasteiger partial charge >= 0.3 is 0 Å². The maximum absolute atomic E-state index is 12.2. The molecule has 1 aliphatic carbocycles. The van der Waals surface area contributed by atoms with E-state index in [1.165, 1.54) is 0 Å². The zero-order valence-corrected chi connectivity index (χ0v) is 12.2. The van der Waals surface area contributed by atoms with Crippen LogP contribution in [0.25, 0.3) is 0 Å². The molecule has 20 heavy (non-hydrogen) atoms. The van der Waals surface area contributed by atoms with Crippen LogP contribution in [0.2, 0.25) is 0 Å². The molecule has 3 heteroatoms. The number of benzene rings is 1. The van der Waals surface area contributed by atoms with Crippen LogP contribution in [0.5, 0.6) is 0 Å². The number of carbonyl (C=O) groups is 3. The highest BCUT2D eigenvalue weighted by Crippen LogP contribution is 2.35. The molecule has 0 aromatic heterocycles. The van der Waals surface area contributed by atoms with E-state index in [0.29, 0.717) is 18.4 Å². The Bertz CT molecular complexity index is 532. The zero-order valence-electron chi connectivity index (χ0n) is 12.2. The normalized spacial score (nSPS) is 19.1. The lowest BCUT2D eigenvalue weighted by Crippen LogP contribution is -2.38. The highest BCUT2D eigenvalue weighted by molar-refractivity contribution is 6.10. The minimum Gasteiger partial charge on any atom is -0.299 e. The van der Waals surface area contributed by atoms with Crippen molar-refractivity contribution >= 4 is 17.3 Å². The monoisotopic (exact) mass is 272 g/mol. The number of carbonyl (C=O) groups excluding carboxylic acids is 3. The molecule has 0 atom stereocenters. The van der Waals surface area contributed by atoms with E-state index in [2.05, 4.69) is 0 Å². The van der Waals surface area contributed by atoms with E-state index in [-0.39, 0.29) is 29.2 Å². The third kappa shape index (κ3) is 3.21. The van der Waals surface area contributed by atoms with Gasteiger partial charge in [-0.3, -0.25) is 14.4 Å². The lowest BCUT2D eigenvalue weighted by Gasteiger charge is -2.31. The summed E-state index contributed by atoms with van der Waals surface area (Å²) >= 11 is 0. The Balaban J connectivity index is 2.10. The molecule has 0 bridgehead atoms. The van der Waals surface area contributed by atoms with Gasteiger partial charge in [0.1, 0.15) is 11.6 Å². The predicted molar refractivity (Wildman–Crippen MR) is 76.6 cm³/mol. The molecule has 106 valence electrons. The molecule has 0 saturated heterocycles. The van der Waals surface area contributed by atoms with Crippen molar-refractivity contribution in [2.75, 3.05) is 0 Å². The Labute approximate surface area is 119 Å². The number of ketones is 3. The molecule has 0 heterocycles. The second-order valence-electron chi connectivity index (χ2n) is 6.50. The number of Topliss-reactive ketones (excluding diaryl/α,β-unsaturated/α-hetero) is 3. The van der Waals surface area contributed by atoms with Crippen LogP contribution in [0.1, 0.15) is 49.0 Å². The minimum atomic E-state index is -0.739. The van der Waals surface area contributed by atoms with E-state index < -0.39 is 5.92 Å². The van der Waals surface area contributed by atoms with E-state index in [0.717, 1.165) is 5.56 Å². The SMILES string of the molecule is Cc1ccc(C(=O)CC2C(=O)CC(C)(C)CC2=O)cc1. The van der Waals surface area contributed by atoms with Crippen molar-refractivity contribution in [2.45, 2.75) is 40.0 Å². The van der Waals surface area contributed by atoms with Crippen LogP contribution in [-0.4, -0.2) is 17.3 Å². The molecular weight excluding hydrogens is 252 g/mol. The largest absolute Gasteiger partial charge is 0.299 e. The second kappa shape index (κ2) is 5.31. The highest BCUT2D eigenvalue weighted by atomic mass is 16.2. The van der Waals surface area contributed by atoms with Gasteiger partial charge in [0.05, 0.1) is 5.92 Å². The molecule has 0 amide bonds. The lowest BCUT2D eigenvalue weighted by molar-refractivity contribution is -0.139. The van der Waals surface area contributed by atoms with E-state index in [9.17, 15) is 14.4 Å². The first-order chi connectivity index (χ1) is 9.28. The summed E-state index contributed by atoms with van der Waals surface area (Å²) in [7, 11) is 0. The topological polar surface area (TPSA) is 51.2 Å². The molecule has 0 unspecified atom stereocenters. The summed E-state index contributed by atoms with van der Waals surface area (Å²) in [6.45, 7) is 5.78. The highest BCUT2D eigenvalue weighted by Gasteiger charge is 2.40. The third-order valence-corrected chi connectivity index (χ3v) is 3.85. The summed E-state index contributed by atoms with van der Waals surface area (Å²) in [4.78, 5) is 36.3. The fraction of sp³-hybridized carbons (Fsp3) is 0.471. The van der Waals surface area contributed by atoms with Crippen LogP contribution in [0.15, 0.2) is 24.3 Å². The Morgan fingerprint density at radius 2 is 1.60 bits per heavy atom. The Kier molecular flexibility index (Phi) is 3.89. The van der Waals surface area contributed by atoms with Gasteiger partial charge in [-0.1, -0.05) is 43.7 Å². The van der Waals surface area contributed by atoms with Crippen molar-refractivity contribution in [1.29, 1.82) is 0 Å². The second-order valence-corrected chi connectivity index (χ2v) is 6.50. The van der Waals surface area contributed by atoms with E-state index in [4.69, 9.17) is 0 Å². The van der Waals surface area contributed by atoms with Gasteiger partial charge in [-0.15, -0.1) is 0 Å². The summed E-state index contributed by atoms with van der Waals surface area (Å²) < 4.78 is 0. The molecule has 2 rings (SSSR count). The first-order valence-corrected chi connectivity index (χ1v) is 6.94. The van der Waals surface area contributed by atoms with Gasteiger partial charge in [-0.25, -0.2) is 0 Å². The fourth-order valence-electron chi connectivity index (χ4n) is 2.70. The Morgan fingerprint density at radius 1 is 1.10 bits per heavy atom. The average Bonchev–Trinajstić information content (AvgIpc) is 2.33. The van der Waals surface area contributed by atoms with Crippen molar-refractivity contribution in [3.8, 4) is 0 Å². The summed E-state index contributed by atoms with van der Waals surface area (Å²) in [6, 6.07) is 7.22. The van der Waals surface area contributed by atoms with Gasteiger partial charge in [-0.05, 0) is 12.3 Å². The van der Waals surface area contributed by atoms with E-state index in [1.54, 1.807) is 12.1 Å². The molecule has 1 aromatic carbocycles. The zero-order chi connectivity index (χ0) is 14.9. The van der Waals surface area contributed by atoms with Gasteiger partial charge in [0.25, 0.3) is 0 Å². The summed E-state index contributed by atoms with van der Waals surface area (Å²) in [5, 5.41) is 0. The molecule has 0 spiro atoms. The van der Waals surface area contributed by atoms with Gasteiger partial charge in [0.2, 0.25) is 0 Å². The van der Waals surface area contributed by atoms with E-state index >= 15 is 0 Å². The number of hydrogen-bond acceptors (Lipinski definition) is 3. The molecule has 3 nitrogen and oxygen atoms in total. The summed E-state index contributed by atoms with van der Waals surface area (Å²) in [5.74, 6) is -1.05. The lowest BCUT2D eigenvalue weighted by atomic mass is 9.70. The van der Waals surface area contributed by atoms with Crippen molar-refractivity contribution < 1.29 is 14.4 Å². The molecule has 1 aliphatic rings. The third-order valence-electron chi connectivity index (χ3n) is 3.85. The molecule has 1 fully saturated rings. The van der Waals surface area contributed by atoms with Gasteiger partial charge < -0.3 is 0 Å². The van der Waals surface area contributed by atoms with E-state index in [1.807, 2.05) is 32.9 Å². The molecular formula is C17H20O3. The van der Waals surface area contributed by atoms with Crippen LogP contribution in [-0.2, 0) is 9.59 Å². The first kappa shape index (κ1) is 14.6. The smallest absolute Gasteiger partial charge is 0.164 e. The maximum Gasteiger partial charge on any atom is 0.164 e.